The van der Waals surface area contributed by atoms with Gasteiger partial charge >= 0.3 is 12.0 Å². The Kier molecular flexibility index (Phi) is 10.4. The van der Waals surface area contributed by atoms with Crippen molar-refractivity contribution in [2.75, 3.05) is 45.5 Å². The molecule has 4 rings (SSSR count). The number of esters is 1. The van der Waals surface area contributed by atoms with Crippen molar-refractivity contribution in [3.05, 3.63) is 76.0 Å². The molecule has 2 aromatic carbocycles. The number of rotatable bonds is 13. The Morgan fingerprint density at radius 3 is 2.52 bits per heavy atom. The van der Waals surface area contributed by atoms with Gasteiger partial charge in [-0.25, -0.2) is 9.59 Å². The van der Waals surface area contributed by atoms with E-state index in [-0.39, 0.29) is 25.9 Å². The van der Waals surface area contributed by atoms with E-state index < -0.39 is 12.0 Å². The maximum absolute atomic E-state index is 13.7. The van der Waals surface area contributed by atoms with Gasteiger partial charge in [0.2, 0.25) is 12.7 Å². The standard InChI is InChI=1S/C29H33N3O7S/c1-3-37-28(34)22-8-10-23(11-9-22)30-29(35)31(13-5-14-36-2)19-27(33)32(18-24-6-4-15-40-24)17-21-7-12-25-26(16-21)39-20-38-25/h4,6-12,15-16H,3,5,13-14,17-20H2,1-2H3,(H,30,35). The van der Waals surface area contributed by atoms with Crippen LogP contribution < -0.4 is 14.8 Å². The predicted octanol–water partition coefficient (Wildman–Crippen LogP) is 4.75. The highest BCUT2D eigenvalue weighted by Gasteiger charge is 2.23. The molecule has 0 fully saturated rings. The first-order valence-electron chi connectivity index (χ1n) is 13.0. The largest absolute Gasteiger partial charge is 0.462 e. The van der Waals surface area contributed by atoms with Crippen LogP contribution in [-0.4, -0.2) is 67.9 Å². The molecule has 0 unspecified atom stereocenters. The molecule has 10 nitrogen and oxygen atoms in total. The Bertz CT molecular complexity index is 1280. The van der Waals surface area contributed by atoms with Gasteiger partial charge in [-0.15, -0.1) is 11.3 Å². The molecule has 1 aliphatic heterocycles. The predicted molar refractivity (Wildman–Crippen MR) is 151 cm³/mol. The summed E-state index contributed by atoms with van der Waals surface area (Å²) in [6.45, 7) is 3.60. The summed E-state index contributed by atoms with van der Waals surface area (Å²) in [5.74, 6) is 0.698. The smallest absolute Gasteiger partial charge is 0.338 e. The van der Waals surface area contributed by atoms with Gasteiger partial charge in [-0.1, -0.05) is 12.1 Å². The zero-order valence-electron chi connectivity index (χ0n) is 22.6. The lowest BCUT2D eigenvalue weighted by Crippen LogP contribution is -2.44. The fraction of sp³-hybridized carbons (Fsp3) is 0.345. The molecule has 0 bridgehead atoms. The van der Waals surface area contributed by atoms with E-state index in [2.05, 4.69) is 5.32 Å². The third kappa shape index (κ3) is 7.96. The SMILES string of the molecule is CCOC(=O)c1ccc(NC(=O)N(CCCOC)CC(=O)N(Cc2ccc3c(c2)OCO3)Cc2cccs2)cc1. The van der Waals surface area contributed by atoms with Crippen LogP contribution in [0.5, 0.6) is 11.5 Å². The van der Waals surface area contributed by atoms with Crippen LogP contribution in [0.2, 0.25) is 0 Å². The molecule has 0 atom stereocenters. The first kappa shape index (κ1) is 28.9. The van der Waals surface area contributed by atoms with E-state index in [0.29, 0.717) is 55.4 Å². The summed E-state index contributed by atoms with van der Waals surface area (Å²) in [6.07, 6.45) is 0.562. The van der Waals surface area contributed by atoms with Gasteiger partial charge in [-0.05, 0) is 66.8 Å². The van der Waals surface area contributed by atoms with Crippen LogP contribution >= 0.6 is 11.3 Å². The Labute approximate surface area is 237 Å². The summed E-state index contributed by atoms with van der Waals surface area (Å²) in [4.78, 5) is 43.1. The minimum atomic E-state index is -0.430. The molecule has 1 aliphatic rings. The molecule has 0 saturated heterocycles. The molecule has 40 heavy (non-hydrogen) atoms. The summed E-state index contributed by atoms with van der Waals surface area (Å²) in [5.41, 5.74) is 1.78. The van der Waals surface area contributed by atoms with E-state index in [1.165, 1.54) is 4.90 Å². The Balaban J connectivity index is 1.47. The number of thiophene rings is 1. The lowest BCUT2D eigenvalue weighted by atomic mass is 10.2. The van der Waals surface area contributed by atoms with Gasteiger partial charge in [0.1, 0.15) is 6.54 Å². The van der Waals surface area contributed by atoms with Gasteiger partial charge in [0, 0.05) is 37.4 Å². The van der Waals surface area contributed by atoms with E-state index in [9.17, 15) is 14.4 Å². The number of benzene rings is 2. The number of anilines is 1. The average molecular weight is 568 g/mol. The summed E-state index contributed by atoms with van der Waals surface area (Å²) >= 11 is 1.57. The second-order valence-electron chi connectivity index (χ2n) is 9.01. The van der Waals surface area contributed by atoms with Gasteiger partial charge in [0.25, 0.3) is 0 Å². The Hall–Kier alpha value is -4.09. The minimum Gasteiger partial charge on any atom is -0.462 e. The number of fused-ring (bicyclic) bond motifs is 1. The number of hydrogen-bond donors (Lipinski definition) is 1. The number of hydrogen-bond acceptors (Lipinski definition) is 8. The molecule has 2 heterocycles. The molecule has 3 aromatic rings. The Morgan fingerprint density at radius 1 is 1.00 bits per heavy atom. The number of nitrogens with zero attached hydrogens (tertiary/aromatic N) is 2. The van der Waals surface area contributed by atoms with Crippen molar-refractivity contribution in [3.8, 4) is 11.5 Å². The van der Waals surface area contributed by atoms with E-state index in [4.69, 9.17) is 18.9 Å². The van der Waals surface area contributed by atoms with E-state index >= 15 is 0 Å². The second kappa shape index (κ2) is 14.3. The van der Waals surface area contributed by atoms with Gasteiger partial charge in [-0.2, -0.15) is 0 Å². The van der Waals surface area contributed by atoms with Gasteiger partial charge in [0.05, 0.1) is 18.7 Å². The number of nitrogens with one attached hydrogen (secondary N) is 1. The summed E-state index contributed by atoms with van der Waals surface area (Å²) in [6, 6.07) is 15.5. The lowest BCUT2D eigenvalue weighted by molar-refractivity contribution is -0.133. The van der Waals surface area contributed by atoms with Crippen molar-refractivity contribution in [2.45, 2.75) is 26.4 Å². The number of carbonyl (C=O) groups is 3. The highest BCUT2D eigenvalue weighted by Crippen LogP contribution is 2.33. The molecule has 1 N–H and O–H groups in total. The highest BCUT2D eigenvalue weighted by atomic mass is 32.1. The molecular weight excluding hydrogens is 534 g/mol. The molecule has 0 spiro atoms. The van der Waals surface area contributed by atoms with Crippen molar-refractivity contribution >= 4 is 34.9 Å². The summed E-state index contributed by atoms with van der Waals surface area (Å²) < 4.78 is 21.1. The number of ether oxygens (including phenoxy) is 4. The van der Waals surface area contributed by atoms with E-state index in [1.807, 2.05) is 35.7 Å². The number of urea groups is 1. The monoisotopic (exact) mass is 567 g/mol. The zero-order chi connectivity index (χ0) is 28.3. The maximum atomic E-state index is 13.7. The third-order valence-corrected chi connectivity index (χ3v) is 6.99. The van der Waals surface area contributed by atoms with Crippen LogP contribution in [-0.2, 0) is 27.4 Å². The van der Waals surface area contributed by atoms with Crippen LogP contribution in [0.1, 0.15) is 34.1 Å². The maximum Gasteiger partial charge on any atom is 0.338 e. The fourth-order valence-electron chi connectivity index (χ4n) is 4.10. The van der Waals surface area contributed by atoms with Crippen LogP contribution in [0.4, 0.5) is 10.5 Å². The topological polar surface area (TPSA) is 107 Å². The van der Waals surface area contributed by atoms with Gasteiger partial charge in [0.15, 0.2) is 11.5 Å². The van der Waals surface area contributed by atoms with E-state index in [0.717, 1.165) is 10.4 Å². The molecule has 0 saturated carbocycles. The molecule has 1 aromatic heterocycles. The minimum absolute atomic E-state index is 0.119. The normalized spacial score (nSPS) is 11.7. The number of methoxy groups -OCH3 is 1. The van der Waals surface area contributed by atoms with Crippen LogP contribution in [0.25, 0.3) is 0 Å². The number of carbonyl (C=O) groups excluding carboxylic acids is 3. The molecule has 3 amide bonds. The molecule has 0 radical (unpaired) electrons. The fourth-order valence-corrected chi connectivity index (χ4v) is 4.82. The van der Waals surface area contributed by atoms with Gasteiger partial charge < -0.3 is 34.1 Å². The summed E-state index contributed by atoms with van der Waals surface area (Å²) in [7, 11) is 1.59. The Morgan fingerprint density at radius 2 is 1.80 bits per heavy atom. The molecule has 212 valence electrons. The average Bonchev–Trinajstić information content (AvgIpc) is 3.64. The lowest BCUT2D eigenvalue weighted by Gasteiger charge is -2.28. The molecule has 11 heteroatoms. The quantitative estimate of drug-likeness (QED) is 0.235. The van der Waals surface area contributed by atoms with Crippen molar-refractivity contribution in [1.82, 2.24) is 9.80 Å². The zero-order valence-corrected chi connectivity index (χ0v) is 23.4. The first-order chi connectivity index (χ1) is 19.5. The first-order valence-corrected chi connectivity index (χ1v) is 13.9. The summed E-state index contributed by atoms with van der Waals surface area (Å²) in [5, 5.41) is 4.80. The van der Waals surface area contributed by atoms with Crippen LogP contribution in [0, 0.1) is 0 Å². The third-order valence-electron chi connectivity index (χ3n) is 6.13. The number of amides is 3. The second-order valence-corrected chi connectivity index (χ2v) is 10.0. The molecule has 0 aliphatic carbocycles. The van der Waals surface area contributed by atoms with E-state index in [1.54, 1.807) is 54.5 Å². The molecular formula is C29H33N3O7S. The van der Waals surface area contributed by atoms with Crippen LogP contribution in [0.3, 0.4) is 0 Å². The van der Waals surface area contributed by atoms with Gasteiger partial charge in [-0.3, -0.25) is 4.79 Å². The van der Waals surface area contributed by atoms with Crippen LogP contribution in [0.15, 0.2) is 60.0 Å². The van der Waals surface area contributed by atoms with Crippen molar-refractivity contribution in [1.29, 1.82) is 0 Å². The van der Waals surface area contributed by atoms with Crippen molar-refractivity contribution < 1.29 is 33.3 Å². The highest BCUT2D eigenvalue weighted by molar-refractivity contribution is 7.09. The van der Waals surface area contributed by atoms with Crippen molar-refractivity contribution in [3.63, 3.8) is 0 Å². The van der Waals surface area contributed by atoms with Crippen molar-refractivity contribution in [2.24, 2.45) is 0 Å².